The minimum Gasteiger partial charge on any atom is -0.539 e. The number of ketones is 1. The molecule has 0 amide bonds. The van der Waals surface area contributed by atoms with E-state index in [0.717, 1.165) is 16.0 Å². The summed E-state index contributed by atoms with van der Waals surface area (Å²) >= 11 is 0.933. The van der Waals surface area contributed by atoms with Crippen molar-refractivity contribution in [3.8, 4) is 40.4 Å². The van der Waals surface area contributed by atoms with Crippen molar-refractivity contribution < 1.29 is 33.3 Å². The Labute approximate surface area is 196 Å². The van der Waals surface area contributed by atoms with Gasteiger partial charge in [0.05, 0.1) is 32.3 Å². The number of hydrogen-bond donors (Lipinski definition) is 2. The lowest BCUT2D eigenvalue weighted by molar-refractivity contribution is -0.741. The van der Waals surface area contributed by atoms with Crippen LogP contribution in [0.25, 0.3) is 21.3 Å². The second-order valence-corrected chi connectivity index (χ2v) is 7.96. The van der Waals surface area contributed by atoms with E-state index in [1.807, 2.05) is 0 Å². The van der Waals surface area contributed by atoms with Crippen LogP contribution in [-0.2, 0) is 7.05 Å². The molecule has 3 aromatic heterocycles. The van der Waals surface area contributed by atoms with Crippen LogP contribution < -0.4 is 35.5 Å². The minimum atomic E-state index is -0.903. The molecule has 0 saturated carbocycles. The van der Waals surface area contributed by atoms with Crippen LogP contribution in [0.2, 0.25) is 0 Å². The number of ether oxygens (including phenoxy) is 3. The van der Waals surface area contributed by atoms with Crippen LogP contribution in [0.5, 0.6) is 23.2 Å². The maximum atomic E-state index is 13.1. The average molecular weight is 482 g/mol. The molecule has 0 aliphatic rings. The van der Waals surface area contributed by atoms with Crippen LogP contribution in [-0.4, -0.2) is 37.4 Å². The van der Waals surface area contributed by atoms with Crippen LogP contribution >= 0.6 is 11.3 Å². The molecule has 0 saturated heterocycles. The Balaban J connectivity index is 2.07. The molecule has 13 heteroatoms. The van der Waals surface area contributed by atoms with Crippen LogP contribution in [0.15, 0.2) is 16.7 Å². The second kappa shape index (κ2) is 8.41. The largest absolute Gasteiger partial charge is 0.539 e. The Kier molecular flexibility index (Phi) is 5.60. The number of fused-ring (bicyclic) bond motifs is 1. The number of nitriles is 1. The Morgan fingerprint density at radius 3 is 2.35 bits per heavy atom. The van der Waals surface area contributed by atoms with Crippen molar-refractivity contribution in [3.05, 3.63) is 28.3 Å². The fraction of sp³-hybridized carbons (Fsp3) is 0.190. The lowest BCUT2D eigenvalue weighted by Gasteiger charge is -2.16. The van der Waals surface area contributed by atoms with Crippen molar-refractivity contribution in [2.75, 3.05) is 32.8 Å². The van der Waals surface area contributed by atoms with Gasteiger partial charge in [-0.3, -0.25) is 4.79 Å². The summed E-state index contributed by atoms with van der Waals surface area (Å²) in [6, 6.07) is 5.31. The monoisotopic (exact) mass is 482 g/mol. The standard InChI is InChI=1S/C21H18N6O6S/c1-27-15(21(29)33-26-27)16(28)18-14(23)13-12(9(7-22)19(24)25-20(13)34-18)8-5-10(30-2)17(32-4)11(6-8)31-3/h5-6H,1-4H3,(H4-,23,24,25,26,28,29). The number of nitrogen functional groups attached to an aromatic ring is 2. The van der Waals surface area contributed by atoms with Gasteiger partial charge in [0.15, 0.2) is 24.5 Å². The summed E-state index contributed by atoms with van der Waals surface area (Å²) in [4.78, 5) is 17.7. The first-order valence-corrected chi connectivity index (χ1v) is 10.4. The highest BCUT2D eigenvalue weighted by Crippen LogP contribution is 2.47. The number of nitrogens with zero attached hydrogens (tertiary/aromatic N) is 4. The number of aryl methyl sites for hydroxylation is 1. The maximum absolute atomic E-state index is 13.1. The fourth-order valence-electron chi connectivity index (χ4n) is 3.63. The summed E-state index contributed by atoms with van der Waals surface area (Å²) in [5.74, 6) is -0.632. The van der Waals surface area contributed by atoms with Gasteiger partial charge in [-0.05, 0) is 17.7 Å². The Morgan fingerprint density at radius 2 is 1.85 bits per heavy atom. The van der Waals surface area contributed by atoms with Crippen LogP contribution in [0.1, 0.15) is 20.9 Å². The molecule has 0 radical (unpaired) electrons. The van der Waals surface area contributed by atoms with Crippen molar-refractivity contribution >= 4 is 38.8 Å². The SMILES string of the molecule is COc1cc(-c2c(C#N)c(N)nc3sc(C(=O)c4c([O-])on[n+]4C)c(N)c23)cc(OC)c1OC. The minimum absolute atomic E-state index is 0.0263. The summed E-state index contributed by atoms with van der Waals surface area (Å²) in [6.07, 6.45) is 0. The molecule has 4 rings (SSSR count). The number of aromatic nitrogens is 3. The number of pyridine rings is 1. The zero-order chi connectivity index (χ0) is 24.7. The van der Waals surface area contributed by atoms with Crippen LogP contribution in [0.3, 0.4) is 0 Å². The highest BCUT2D eigenvalue weighted by molar-refractivity contribution is 7.21. The van der Waals surface area contributed by atoms with Gasteiger partial charge in [0.25, 0.3) is 5.78 Å². The molecule has 0 bridgehead atoms. The quantitative estimate of drug-likeness (QED) is 0.296. The molecule has 0 spiro atoms. The number of nitrogens with two attached hydrogens (primary N) is 2. The van der Waals surface area contributed by atoms with Gasteiger partial charge in [-0.2, -0.15) is 5.26 Å². The van der Waals surface area contributed by atoms with Crippen LogP contribution in [0, 0.1) is 11.3 Å². The van der Waals surface area contributed by atoms with E-state index in [0.29, 0.717) is 38.6 Å². The zero-order valence-electron chi connectivity index (χ0n) is 18.5. The van der Waals surface area contributed by atoms with E-state index in [4.69, 9.17) is 25.7 Å². The normalized spacial score (nSPS) is 10.8. The summed E-state index contributed by atoms with van der Waals surface area (Å²) in [6.45, 7) is 0. The predicted octanol–water partition coefficient (Wildman–Crippen LogP) is 1.14. The fourth-order valence-corrected chi connectivity index (χ4v) is 4.68. The first-order chi connectivity index (χ1) is 16.3. The van der Waals surface area contributed by atoms with E-state index in [2.05, 4.69) is 20.8 Å². The summed E-state index contributed by atoms with van der Waals surface area (Å²) in [7, 11) is 5.77. The topological polar surface area (TPSA) is 186 Å². The molecule has 0 aliphatic carbocycles. The lowest BCUT2D eigenvalue weighted by Crippen LogP contribution is -2.37. The number of methoxy groups -OCH3 is 3. The van der Waals surface area contributed by atoms with Gasteiger partial charge in [0.2, 0.25) is 5.75 Å². The van der Waals surface area contributed by atoms with Gasteiger partial charge >= 0.3 is 5.69 Å². The second-order valence-electron chi connectivity index (χ2n) is 6.96. The first-order valence-electron chi connectivity index (χ1n) is 9.56. The Morgan fingerprint density at radius 1 is 1.21 bits per heavy atom. The molecule has 0 unspecified atom stereocenters. The number of benzene rings is 1. The number of anilines is 2. The molecule has 0 aliphatic heterocycles. The van der Waals surface area contributed by atoms with E-state index in [1.54, 1.807) is 12.1 Å². The highest BCUT2D eigenvalue weighted by Gasteiger charge is 2.31. The van der Waals surface area contributed by atoms with E-state index in [-0.39, 0.29) is 27.6 Å². The third-order valence-electron chi connectivity index (χ3n) is 5.15. The number of hydrogen-bond acceptors (Lipinski definition) is 12. The number of carbonyl (C=O) groups is 1. The summed E-state index contributed by atoms with van der Waals surface area (Å²) in [5.41, 5.74) is 13.1. The lowest BCUT2D eigenvalue weighted by atomic mass is 9.96. The molecule has 4 N–H and O–H groups in total. The van der Waals surface area contributed by atoms with Gasteiger partial charge in [-0.1, -0.05) is 4.68 Å². The molecule has 4 aromatic rings. The highest BCUT2D eigenvalue weighted by atomic mass is 32.1. The average Bonchev–Trinajstić information content (AvgIpc) is 3.34. The third kappa shape index (κ3) is 3.28. The van der Waals surface area contributed by atoms with Crippen molar-refractivity contribution in [2.24, 2.45) is 7.05 Å². The van der Waals surface area contributed by atoms with Gasteiger partial charge in [0.1, 0.15) is 27.2 Å². The Bertz CT molecular complexity index is 1460. The number of carbonyl (C=O) groups excluding carboxylic acids is 1. The van der Waals surface area contributed by atoms with E-state index in [9.17, 15) is 15.2 Å². The molecule has 34 heavy (non-hydrogen) atoms. The van der Waals surface area contributed by atoms with Gasteiger partial charge in [-0.15, -0.1) is 11.3 Å². The molecule has 0 atom stereocenters. The predicted molar refractivity (Wildman–Crippen MR) is 119 cm³/mol. The number of rotatable bonds is 6. The number of thiophene rings is 1. The van der Waals surface area contributed by atoms with Crippen molar-refractivity contribution in [1.29, 1.82) is 5.26 Å². The molecular weight excluding hydrogens is 464 g/mol. The summed E-state index contributed by atoms with van der Waals surface area (Å²) < 4.78 is 21.8. The van der Waals surface area contributed by atoms with Crippen molar-refractivity contribution in [3.63, 3.8) is 0 Å². The smallest absolute Gasteiger partial charge is 0.305 e. The molecule has 1 aromatic carbocycles. The summed E-state index contributed by atoms with van der Waals surface area (Å²) in [5, 5.41) is 25.7. The van der Waals surface area contributed by atoms with Crippen molar-refractivity contribution in [1.82, 2.24) is 10.3 Å². The molecule has 3 heterocycles. The first kappa shape index (κ1) is 22.6. The van der Waals surface area contributed by atoms with E-state index < -0.39 is 11.7 Å². The Hall–Kier alpha value is -4.57. The molecule has 174 valence electrons. The van der Waals surface area contributed by atoms with E-state index in [1.165, 1.54) is 28.4 Å². The van der Waals surface area contributed by atoms with Crippen LogP contribution in [0.4, 0.5) is 11.5 Å². The van der Waals surface area contributed by atoms with Gasteiger partial charge in [-0.25, -0.2) is 4.98 Å². The zero-order valence-corrected chi connectivity index (χ0v) is 19.3. The van der Waals surface area contributed by atoms with Gasteiger partial charge < -0.3 is 35.3 Å². The maximum Gasteiger partial charge on any atom is 0.305 e. The molecule has 12 nitrogen and oxygen atoms in total. The van der Waals surface area contributed by atoms with Gasteiger partial charge in [0, 0.05) is 10.9 Å². The molecular formula is C21H18N6O6S. The third-order valence-corrected chi connectivity index (χ3v) is 6.25. The van der Waals surface area contributed by atoms with Crippen molar-refractivity contribution in [2.45, 2.75) is 0 Å². The molecule has 0 fully saturated rings. The van der Waals surface area contributed by atoms with E-state index >= 15 is 0 Å².